The van der Waals surface area contributed by atoms with Crippen LogP contribution in [0.3, 0.4) is 0 Å². The summed E-state index contributed by atoms with van der Waals surface area (Å²) in [6.45, 7) is 12.5. The molecule has 0 fully saturated rings. The van der Waals surface area contributed by atoms with Crippen molar-refractivity contribution in [2.24, 2.45) is 0 Å². The summed E-state index contributed by atoms with van der Waals surface area (Å²) in [5, 5.41) is 0. The molecule has 0 saturated heterocycles. The van der Waals surface area contributed by atoms with Crippen LogP contribution in [0, 0.1) is 0 Å². The lowest BCUT2D eigenvalue weighted by molar-refractivity contribution is -0.0277. The van der Waals surface area contributed by atoms with E-state index in [1.54, 1.807) is 0 Å². The molecule has 0 unspecified atom stereocenters. The van der Waals surface area contributed by atoms with Gasteiger partial charge in [-0.05, 0) is 6.42 Å². The van der Waals surface area contributed by atoms with Crippen LogP contribution in [-0.2, 0) is 66.7 Å². The van der Waals surface area contributed by atoms with Crippen molar-refractivity contribution in [2.75, 3.05) is 152 Å². The van der Waals surface area contributed by atoms with Crippen molar-refractivity contribution in [1.82, 2.24) is 0 Å². The molecule has 0 aromatic heterocycles. The Morgan fingerprint density at radius 1 is 0.300 bits per heavy atom. The zero-order chi connectivity index (χ0) is 36.3. The van der Waals surface area contributed by atoms with Crippen LogP contribution in [0.5, 0.6) is 0 Å². The normalized spacial score (nSPS) is 12.0. The third kappa shape index (κ3) is 47.4. The topological polar surface area (TPSA) is 165 Å². The molecule has 50 heavy (non-hydrogen) atoms. The fraction of sp³-hybridized carbons (Fsp3) is 1.00. The molecule has 0 aromatic rings. The van der Waals surface area contributed by atoms with Crippen LogP contribution in [-0.4, -0.2) is 165 Å². The fourth-order valence-corrected chi connectivity index (χ4v) is 4.47. The highest BCUT2D eigenvalue weighted by Gasteiger charge is 2.03. The summed E-state index contributed by atoms with van der Waals surface area (Å²) in [5.41, 5.74) is 0. The van der Waals surface area contributed by atoms with E-state index in [1.807, 2.05) is 0 Å². The molecule has 0 radical (unpaired) electrons. The quantitative estimate of drug-likeness (QED) is 0.0703. The summed E-state index contributed by atoms with van der Waals surface area (Å²) in [6.07, 6.45) is 13.3. The van der Waals surface area contributed by atoms with Crippen LogP contribution in [0.1, 0.15) is 71.1 Å². The first-order chi connectivity index (χ1) is 24.6. The maximum atomic E-state index is 10.3. The summed E-state index contributed by atoms with van der Waals surface area (Å²) in [4.78, 5) is 0. The van der Waals surface area contributed by atoms with Crippen molar-refractivity contribution in [3.8, 4) is 0 Å². The molecular weight excluding hydrogens is 680 g/mol. The summed E-state index contributed by atoms with van der Waals surface area (Å²) >= 11 is 0. The summed E-state index contributed by atoms with van der Waals surface area (Å²) in [6, 6.07) is 0. The molecule has 0 aliphatic rings. The average molecular weight is 751 g/mol. The largest absolute Gasteiger partial charge is 0.397 e. The molecule has 0 rings (SSSR count). The zero-order valence-corrected chi connectivity index (χ0v) is 31.7. The SMILES string of the molecule is CCCCCCCCCCCCOCCOCCOCCOCCOCCOCCOCCOCCOCCOCCOCCOS(=O)(=O)O. The lowest BCUT2D eigenvalue weighted by atomic mass is 10.1. The molecule has 16 heteroatoms. The number of unbranched alkanes of at least 4 members (excludes halogenated alkanes) is 9. The van der Waals surface area contributed by atoms with Gasteiger partial charge in [0.15, 0.2) is 0 Å². The van der Waals surface area contributed by atoms with E-state index in [4.69, 9.17) is 56.7 Å². The van der Waals surface area contributed by atoms with Crippen LogP contribution in [0.4, 0.5) is 0 Å². The first-order valence-electron chi connectivity index (χ1n) is 18.5. The van der Waals surface area contributed by atoms with E-state index in [1.165, 1.54) is 57.8 Å². The molecular formula is C34H70O15S. The van der Waals surface area contributed by atoms with Gasteiger partial charge in [-0.3, -0.25) is 4.55 Å². The van der Waals surface area contributed by atoms with Gasteiger partial charge >= 0.3 is 10.4 Å². The van der Waals surface area contributed by atoms with Crippen molar-refractivity contribution in [3.05, 3.63) is 0 Å². The average Bonchev–Trinajstić information content (AvgIpc) is 3.09. The van der Waals surface area contributed by atoms with E-state index in [-0.39, 0.29) is 19.8 Å². The lowest BCUT2D eigenvalue weighted by Crippen LogP contribution is -2.15. The number of rotatable bonds is 45. The van der Waals surface area contributed by atoms with Crippen LogP contribution in [0.25, 0.3) is 0 Å². The van der Waals surface area contributed by atoms with Gasteiger partial charge in [0, 0.05) is 6.61 Å². The van der Waals surface area contributed by atoms with Gasteiger partial charge in [-0.25, -0.2) is 4.18 Å². The minimum Gasteiger partial charge on any atom is -0.379 e. The van der Waals surface area contributed by atoms with E-state index < -0.39 is 10.4 Å². The van der Waals surface area contributed by atoms with Crippen molar-refractivity contribution < 1.29 is 69.3 Å². The molecule has 0 bridgehead atoms. The smallest absolute Gasteiger partial charge is 0.379 e. The van der Waals surface area contributed by atoms with Gasteiger partial charge in [-0.2, -0.15) is 8.42 Å². The maximum Gasteiger partial charge on any atom is 0.397 e. The monoisotopic (exact) mass is 750 g/mol. The first-order valence-corrected chi connectivity index (χ1v) is 19.9. The minimum absolute atomic E-state index is 0.0330. The Balaban J connectivity index is 3.06. The van der Waals surface area contributed by atoms with Crippen LogP contribution < -0.4 is 0 Å². The summed E-state index contributed by atoms with van der Waals surface area (Å²) in [5.74, 6) is 0. The van der Waals surface area contributed by atoms with Crippen LogP contribution in [0.15, 0.2) is 0 Å². The highest BCUT2D eigenvalue weighted by molar-refractivity contribution is 7.80. The Morgan fingerprint density at radius 3 is 0.740 bits per heavy atom. The van der Waals surface area contributed by atoms with Crippen molar-refractivity contribution in [2.45, 2.75) is 71.1 Å². The Kier molecular flexibility index (Phi) is 42.4. The van der Waals surface area contributed by atoms with Gasteiger partial charge in [0.2, 0.25) is 0 Å². The Morgan fingerprint density at radius 2 is 0.500 bits per heavy atom. The Bertz CT molecular complexity index is 733. The van der Waals surface area contributed by atoms with E-state index >= 15 is 0 Å². The number of hydrogen-bond donors (Lipinski definition) is 1. The molecule has 0 aromatic carbocycles. The summed E-state index contributed by atoms with van der Waals surface area (Å²) < 4.78 is 93.0. The molecule has 302 valence electrons. The van der Waals surface area contributed by atoms with Crippen molar-refractivity contribution >= 4 is 10.4 Å². The second kappa shape index (κ2) is 42.8. The van der Waals surface area contributed by atoms with E-state index in [2.05, 4.69) is 11.1 Å². The van der Waals surface area contributed by atoms with Crippen molar-refractivity contribution in [1.29, 1.82) is 0 Å². The lowest BCUT2D eigenvalue weighted by Gasteiger charge is -2.09. The van der Waals surface area contributed by atoms with Gasteiger partial charge in [-0.15, -0.1) is 0 Å². The first kappa shape index (κ1) is 49.4. The van der Waals surface area contributed by atoms with E-state index in [9.17, 15) is 8.42 Å². The Labute approximate surface area is 302 Å². The summed E-state index contributed by atoms with van der Waals surface area (Å²) in [7, 11) is -4.42. The fourth-order valence-electron chi connectivity index (χ4n) is 4.19. The molecule has 0 spiro atoms. The van der Waals surface area contributed by atoms with Crippen LogP contribution in [0.2, 0.25) is 0 Å². The molecule has 0 heterocycles. The maximum absolute atomic E-state index is 10.3. The van der Waals surface area contributed by atoms with E-state index in [0.29, 0.717) is 126 Å². The predicted molar refractivity (Wildman–Crippen MR) is 188 cm³/mol. The molecule has 15 nitrogen and oxygen atoms in total. The van der Waals surface area contributed by atoms with Gasteiger partial charge < -0.3 is 52.1 Å². The van der Waals surface area contributed by atoms with Gasteiger partial charge in [-0.1, -0.05) is 64.7 Å². The zero-order valence-electron chi connectivity index (χ0n) is 30.9. The third-order valence-electron chi connectivity index (χ3n) is 6.82. The second-order valence-corrected chi connectivity index (χ2v) is 12.3. The number of hydrogen-bond acceptors (Lipinski definition) is 14. The molecule has 0 aliphatic heterocycles. The van der Waals surface area contributed by atoms with Gasteiger partial charge in [0.05, 0.1) is 145 Å². The minimum atomic E-state index is -4.42. The molecule has 0 amide bonds. The third-order valence-corrected chi connectivity index (χ3v) is 7.29. The second-order valence-electron chi connectivity index (χ2n) is 11.2. The highest BCUT2D eigenvalue weighted by atomic mass is 32.3. The molecule has 0 aliphatic carbocycles. The molecule has 0 atom stereocenters. The molecule has 0 saturated carbocycles. The standard InChI is InChI=1S/C34H70O15S/c1-2-3-4-5-6-7-8-9-10-11-12-38-13-14-39-15-16-40-17-18-41-19-20-42-21-22-43-23-24-44-25-26-45-27-28-46-29-30-47-31-32-48-33-34-49-50(35,36)37/h2-34H2,1H3,(H,35,36,37). The van der Waals surface area contributed by atoms with Gasteiger partial charge in [0.25, 0.3) is 0 Å². The Hall–Kier alpha value is -0.570. The van der Waals surface area contributed by atoms with E-state index in [0.717, 1.165) is 13.0 Å². The van der Waals surface area contributed by atoms with Gasteiger partial charge in [0.1, 0.15) is 0 Å². The highest BCUT2D eigenvalue weighted by Crippen LogP contribution is 2.10. The predicted octanol–water partition coefficient (Wildman–Crippen LogP) is 3.91. The molecule has 1 N–H and O–H groups in total. The van der Waals surface area contributed by atoms with Crippen LogP contribution >= 0.6 is 0 Å². The van der Waals surface area contributed by atoms with Crippen molar-refractivity contribution in [3.63, 3.8) is 0 Å². The number of ether oxygens (including phenoxy) is 11.